The number of carbonyl (C=O) groups is 1. The van der Waals surface area contributed by atoms with Gasteiger partial charge in [-0.25, -0.2) is 0 Å². The zero-order valence-corrected chi connectivity index (χ0v) is 9.66. The zero-order chi connectivity index (χ0) is 11.7. The topological polar surface area (TPSA) is 52.6 Å². The molecule has 0 saturated carbocycles. The van der Waals surface area contributed by atoms with E-state index in [1.807, 2.05) is 0 Å². The summed E-state index contributed by atoms with van der Waals surface area (Å²) in [6.45, 7) is 1.65. The molecule has 2 N–H and O–H groups in total. The molecule has 0 bridgehead atoms. The summed E-state index contributed by atoms with van der Waals surface area (Å²) in [5, 5.41) is 12.6. The van der Waals surface area contributed by atoms with Gasteiger partial charge in [0, 0.05) is 25.7 Å². The number of nitrogens with zero attached hydrogens (tertiary/aromatic N) is 1. The lowest BCUT2D eigenvalue weighted by molar-refractivity contribution is 0.0681. The van der Waals surface area contributed by atoms with Gasteiger partial charge in [-0.15, -0.1) is 0 Å². The largest absolute Gasteiger partial charge is 0.506 e. The smallest absolute Gasteiger partial charge is 0.253 e. The number of phenols is 1. The molecular weight excluding hydrogens is 228 g/mol. The van der Waals surface area contributed by atoms with Gasteiger partial charge in [-0.1, -0.05) is 11.6 Å². The van der Waals surface area contributed by atoms with Crippen LogP contribution in [-0.4, -0.2) is 42.1 Å². The van der Waals surface area contributed by atoms with E-state index in [9.17, 15) is 9.90 Å². The molecular formula is C11H13ClN2O2. The van der Waals surface area contributed by atoms with Crippen molar-refractivity contribution in [2.75, 3.05) is 20.1 Å². The van der Waals surface area contributed by atoms with Crippen LogP contribution >= 0.6 is 11.6 Å². The molecule has 0 aliphatic carbocycles. The van der Waals surface area contributed by atoms with Crippen LogP contribution in [0, 0.1) is 0 Å². The molecule has 2 rings (SSSR count). The molecule has 1 aromatic rings. The predicted molar refractivity (Wildman–Crippen MR) is 61.9 cm³/mol. The van der Waals surface area contributed by atoms with E-state index in [0.717, 1.165) is 13.1 Å². The maximum atomic E-state index is 12.0. The monoisotopic (exact) mass is 240 g/mol. The van der Waals surface area contributed by atoms with Crippen LogP contribution in [0.25, 0.3) is 0 Å². The molecule has 0 atom stereocenters. The number of hydrogen-bond acceptors (Lipinski definition) is 3. The van der Waals surface area contributed by atoms with Crippen LogP contribution in [0.15, 0.2) is 18.2 Å². The molecule has 1 aliphatic rings. The first-order valence-electron chi connectivity index (χ1n) is 5.06. The molecule has 1 heterocycles. The van der Waals surface area contributed by atoms with Crippen molar-refractivity contribution in [1.29, 1.82) is 0 Å². The summed E-state index contributed by atoms with van der Waals surface area (Å²) in [6.07, 6.45) is 0. The number of nitrogens with one attached hydrogen (secondary N) is 1. The normalized spacial score (nSPS) is 15.6. The van der Waals surface area contributed by atoms with Crippen molar-refractivity contribution < 1.29 is 9.90 Å². The Labute approximate surface area is 98.8 Å². The number of carbonyl (C=O) groups excluding carboxylic acids is 1. The van der Waals surface area contributed by atoms with Crippen LogP contribution in [0.2, 0.25) is 5.02 Å². The Morgan fingerprint density at radius 3 is 2.75 bits per heavy atom. The summed E-state index contributed by atoms with van der Waals surface area (Å²) in [6, 6.07) is 4.75. The van der Waals surface area contributed by atoms with E-state index >= 15 is 0 Å². The van der Waals surface area contributed by atoms with E-state index in [1.54, 1.807) is 18.0 Å². The third-order valence-electron chi connectivity index (χ3n) is 2.82. The first-order valence-corrected chi connectivity index (χ1v) is 5.44. The Hall–Kier alpha value is -1.26. The van der Waals surface area contributed by atoms with Crippen molar-refractivity contribution in [3.05, 3.63) is 28.8 Å². The number of amides is 1. The lowest BCUT2D eigenvalue weighted by atomic mass is 10.1. The molecule has 0 aromatic heterocycles. The summed E-state index contributed by atoms with van der Waals surface area (Å²) < 4.78 is 0. The molecule has 86 valence electrons. The molecule has 4 nitrogen and oxygen atoms in total. The van der Waals surface area contributed by atoms with E-state index < -0.39 is 0 Å². The van der Waals surface area contributed by atoms with Crippen LogP contribution in [0.1, 0.15) is 10.4 Å². The fourth-order valence-corrected chi connectivity index (χ4v) is 1.74. The van der Waals surface area contributed by atoms with Crippen LogP contribution in [-0.2, 0) is 0 Å². The molecule has 1 aliphatic heterocycles. The third-order valence-corrected chi connectivity index (χ3v) is 3.13. The molecule has 5 heteroatoms. The highest BCUT2D eigenvalue weighted by atomic mass is 35.5. The predicted octanol–water partition coefficient (Wildman–Crippen LogP) is 1.09. The summed E-state index contributed by atoms with van der Waals surface area (Å²) in [5.74, 6) is -0.0837. The Morgan fingerprint density at radius 2 is 2.25 bits per heavy atom. The fraction of sp³-hybridized carbons (Fsp3) is 0.364. The molecule has 0 unspecified atom stereocenters. The van der Waals surface area contributed by atoms with Crippen molar-refractivity contribution in [2.24, 2.45) is 0 Å². The summed E-state index contributed by atoms with van der Waals surface area (Å²) in [7, 11) is 1.77. The van der Waals surface area contributed by atoms with Gasteiger partial charge < -0.3 is 15.3 Å². The third kappa shape index (κ3) is 1.99. The average molecular weight is 241 g/mol. The molecule has 0 spiro atoms. The SMILES string of the molecule is CN(C(=O)c1ccc(O)c(Cl)c1)C1CNC1. The maximum Gasteiger partial charge on any atom is 0.253 e. The molecule has 1 fully saturated rings. The summed E-state index contributed by atoms with van der Waals surface area (Å²) in [5.41, 5.74) is 0.497. The molecule has 1 amide bonds. The van der Waals surface area contributed by atoms with Gasteiger partial charge >= 0.3 is 0 Å². The van der Waals surface area contributed by atoms with Crippen molar-refractivity contribution in [2.45, 2.75) is 6.04 Å². The van der Waals surface area contributed by atoms with Gasteiger partial charge in [0.1, 0.15) is 5.75 Å². The highest BCUT2D eigenvalue weighted by molar-refractivity contribution is 6.32. The lowest BCUT2D eigenvalue weighted by Crippen LogP contribution is -2.57. The standard InChI is InChI=1S/C11H13ClN2O2/c1-14(8-5-13-6-8)11(16)7-2-3-10(15)9(12)4-7/h2-4,8,13,15H,5-6H2,1H3. The molecule has 1 saturated heterocycles. The van der Waals surface area contributed by atoms with Gasteiger partial charge in [0.25, 0.3) is 5.91 Å². The van der Waals surface area contributed by atoms with Gasteiger partial charge in [0.15, 0.2) is 0 Å². The maximum absolute atomic E-state index is 12.0. The number of rotatable bonds is 2. The molecule has 16 heavy (non-hydrogen) atoms. The van der Waals surface area contributed by atoms with Gasteiger partial charge in [0.05, 0.1) is 11.1 Å². The first-order chi connectivity index (χ1) is 7.59. The van der Waals surface area contributed by atoms with E-state index in [1.165, 1.54) is 12.1 Å². The summed E-state index contributed by atoms with van der Waals surface area (Å²) in [4.78, 5) is 13.7. The second kappa shape index (κ2) is 4.31. The number of likely N-dealkylation sites (N-methyl/N-ethyl adjacent to an activating group) is 1. The summed E-state index contributed by atoms with van der Waals surface area (Å²) >= 11 is 5.76. The van der Waals surface area contributed by atoms with E-state index in [-0.39, 0.29) is 22.7 Å². The second-order valence-electron chi connectivity index (χ2n) is 3.89. The molecule has 1 aromatic carbocycles. The first kappa shape index (κ1) is 11.2. The number of benzene rings is 1. The van der Waals surface area contributed by atoms with E-state index in [0.29, 0.717) is 5.56 Å². The van der Waals surface area contributed by atoms with Crippen molar-refractivity contribution in [1.82, 2.24) is 10.2 Å². The van der Waals surface area contributed by atoms with Crippen molar-refractivity contribution in [3.8, 4) is 5.75 Å². The van der Waals surface area contributed by atoms with E-state index in [2.05, 4.69) is 5.32 Å². The average Bonchev–Trinajstić information content (AvgIpc) is 2.18. The number of aromatic hydroxyl groups is 1. The van der Waals surface area contributed by atoms with Crippen LogP contribution < -0.4 is 5.32 Å². The van der Waals surface area contributed by atoms with Gasteiger partial charge in [-0.2, -0.15) is 0 Å². The Kier molecular flexibility index (Phi) is 3.03. The lowest BCUT2D eigenvalue weighted by Gasteiger charge is -2.35. The van der Waals surface area contributed by atoms with Crippen LogP contribution in [0.5, 0.6) is 5.75 Å². The molecule has 0 radical (unpaired) electrons. The number of phenolic OH excluding ortho intramolecular Hbond substituents is 1. The van der Waals surface area contributed by atoms with Crippen molar-refractivity contribution >= 4 is 17.5 Å². The highest BCUT2D eigenvalue weighted by Gasteiger charge is 2.26. The second-order valence-corrected chi connectivity index (χ2v) is 4.30. The number of halogens is 1. The minimum Gasteiger partial charge on any atom is -0.506 e. The highest BCUT2D eigenvalue weighted by Crippen LogP contribution is 2.24. The minimum atomic E-state index is -0.0756. The fourth-order valence-electron chi connectivity index (χ4n) is 1.56. The minimum absolute atomic E-state index is 0.00817. The van der Waals surface area contributed by atoms with Gasteiger partial charge in [0.2, 0.25) is 0 Å². The van der Waals surface area contributed by atoms with Crippen molar-refractivity contribution in [3.63, 3.8) is 0 Å². The zero-order valence-electron chi connectivity index (χ0n) is 8.90. The van der Waals surface area contributed by atoms with Gasteiger partial charge in [-0.3, -0.25) is 4.79 Å². The van der Waals surface area contributed by atoms with Crippen LogP contribution in [0.3, 0.4) is 0 Å². The van der Waals surface area contributed by atoms with E-state index in [4.69, 9.17) is 11.6 Å². The van der Waals surface area contributed by atoms with Gasteiger partial charge in [-0.05, 0) is 18.2 Å². The van der Waals surface area contributed by atoms with Crippen LogP contribution in [0.4, 0.5) is 0 Å². The Balaban J connectivity index is 2.16. The Bertz CT molecular complexity index is 418. The number of hydrogen-bond donors (Lipinski definition) is 2. The quantitative estimate of drug-likeness (QED) is 0.814. The Morgan fingerprint density at radius 1 is 1.56 bits per heavy atom.